The standard InChI is InChI=1S/C27H32N2O2/c1-17-13-22-23(27(5,6)12-11-26(22,3)4)14-21(17)18(2)20-9-7-19(8-10-20)16-29-24(30)15-28-25(29)31/h7-10,13-14H,2,11-12,15-16H2,1,3-6H3,(H,28,31). The SMILES string of the molecule is C=C(c1ccc(CN2C(=O)CNC2=O)cc1)c1cc2c(cc1C)C(C)(C)CCC2(C)C. The molecule has 2 aromatic carbocycles. The molecule has 0 unspecified atom stereocenters. The second-order valence-corrected chi connectivity index (χ2v) is 10.3. The minimum atomic E-state index is -0.325. The molecule has 1 saturated heterocycles. The summed E-state index contributed by atoms with van der Waals surface area (Å²) in [5.41, 5.74) is 8.65. The Morgan fingerprint density at radius 1 is 1.00 bits per heavy atom. The monoisotopic (exact) mass is 416 g/mol. The molecule has 0 spiro atoms. The minimum Gasteiger partial charge on any atom is -0.329 e. The molecule has 1 heterocycles. The van der Waals surface area contributed by atoms with E-state index in [1.807, 2.05) is 24.3 Å². The van der Waals surface area contributed by atoms with Crippen molar-refractivity contribution in [2.24, 2.45) is 0 Å². The Labute approximate surface area is 185 Å². The number of carbonyl (C=O) groups is 2. The van der Waals surface area contributed by atoms with E-state index in [1.54, 1.807) is 0 Å². The molecule has 1 aliphatic carbocycles. The molecular weight excluding hydrogens is 384 g/mol. The number of imide groups is 1. The zero-order valence-corrected chi connectivity index (χ0v) is 19.3. The normalized spacial score (nSPS) is 19.2. The predicted octanol–water partition coefficient (Wildman–Crippen LogP) is 5.46. The van der Waals surface area contributed by atoms with Crippen molar-refractivity contribution < 1.29 is 9.59 Å². The first-order valence-electron chi connectivity index (χ1n) is 11.0. The van der Waals surface area contributed by atoms with Gasteiger partial charge in [-0.15, -0.1) is 0 Å². The molecule has 162 valence electrons. The van der Waals surface area contributed by atoms with Gasteiger partial charge in [0.15, 0.2) is 0 Å². The molecule has 4 heteroatoms. The largest absolute Gasteiger partial charge is 0.329 e. The molecule has 1 aliphatic heterocycles. The molecule has 2 aromatic rings. The maximum atomic E-state index is 11.8. The van der Waals surface area contributed by atoms with Gasteiger partial charge in [-0.05, 0) is 69.5 Å². The summed E-state index contributed by atoms with van der Waals surface area (Å²) in [4.78, 5) is 24.9. The van der Waals surface area contributed by atoms with Crippen LogP contribution in [0.3, 0.4) is 0 Å². The van der Waals surface area contributed by atoms with Crippen molar-refractivity contribution in [2.75, 3.05) is 6.54 Å². The van der Waals surface area contributed by atoms with Crippen molar-refractivity contribution >= 4 is 17.5 Å². The first-order chi connectivity index (χ1) is 14.5. The summed E-state index contributed by atoms with van der Waals surface area (Å²) in [6.07, 6.45) is 2.38. The van der Waals surface area contributed by atoms with E-state index in [0.717, 1.165) is 16.7 Å². The highest BCUT2D eigenvalue weighted by atomic mass is 16.2. The van der Waals surface area contributed by atoms with E-state index in [2.05, 4.69) is 58.6 Å². The molecule has 0 bridgehead atoms. The second-order valence-electron chi connectivity index (χ2n) is 10.3. The Morgan fingerprint density at radius 2 is 1.58 bits per heavy atom. The fourth-order valence-electron chi connectivity index (χ4n) is 4.81. The fourth-order valence-corrected chi connectivity index (χ4v) is 4.81. The second kappa shape index (κ2) is 7.37. The summed E-state index contributed by atoms with van der Waals surface area (Å²) in [7, 11) is 0. The summed E-state index contributed by atoms with van der Waals surface area (Å²) >= 11 is 0. The van der Waals surface area contributed by atoms with Crippen LogP contribution in [-0.4, -0.2) is 23.4 Å². The number of fused-ring (bicyclic) bond motifs is 1. The van der Waals surface area contributed by atoms with Crippen molar-refractivity contribution in [2.45, 2.75) is 64.8 Å². The van der Waals surface area contributed by atoms with Crippen LogP contribution in [0.25, 0.3) is 5.57 Å². The van der Waals surface area contributed by atoms with Gasteiger partial charge in [0.25, 0.3) is 0 Å². The van der Waals surface area contributed by atoms with Crippen LogP contribution in [0.4, 0.5) is 4.79 Å². The number of hydrogen-bond donors (Lipinski definition) is 1. The molecule has 0 radical (unpaired) electrons. The summed E-state index contributed by atoms with van der Waals surface area (Å²) < 4.78 is 0. The van der Waals surface area contributed by atoms with E-state index in [1.165, 1.54) is 40.0 Å². The van der Waals surface area contributed by atoms with Crippen LogP contribution in [0.15, 0.2) is 43.0 Å². The maximum absolute atomic E-state index is 11.8. The van der Waals surface area contributed by atoms with Crippen LogP contribution >= 0.6 is 0 Å². The van der Waals surface area contributed by atoms with E-state index >= 15 is 0 Å². The van der Waals surface area contributed by atoms with Crippen LogP contribution < -0.4 is 5.32 Å². The molecule has 0 saturated carbocycles. The molecule has 3 amide bonds. The zero-order valence-electron chi connectivity index (χ0n) is 19.3. The predicted molar refractivity (Wildman–Crippen MR) is 125 cm³/mol. The van der Waals surface area contributed by atoms with Crippen molar-refractivity contribution in [1.29, 1.82) is 0 Å². The van der Waals surface area contributed by atoms with Crippen LogP contribution in [0.2, 0.25) is 0 Å². The Bertz CT molecular complexity index is 1060. The molecule has 1 N–H and O–H groups in total. The van der Waals surface area contributed by atoms with Gasteiger partial charge in [-0.1, -0.05) is 70.7 Å². The van der Waals surface area contributed by atoms with Gasteiger partial charge in [0.2, 0.25) is 5.91 Å². The minimum absolute atomic E-state index is 0.0818. The van der Waals surface area contributed by atoms with Gasteiger partial charge in [0, 0.05) is 0 Å². The van der Waals surface area contributed by atoms with Crippen LogP contribution in [0.5, 0.6) is 0 Å². The summed E-state index contributed by atoms with van der Waals surface area (Å²) in [5, 5.41) is 2.56. The smallest absolute Gasteiger partial charge is 0.324 e. The summed E-state index contributed by atoms with van der Waals surface area (Å²) in [6, 6.07) is 12.4. The number of rotatable bonds is 4. The highest BCUT2D eigenvalue weighted by Gasteiger charge is 2.37. The number of nitrogens with zero attached hydrogens (tertiary/aromatic N) is 1. The molecule has 0 aromatic heterocycles. The molecule has 1 fully saturated rings. The number of aryl methyl sites for hydroxylation is 1. The van der Waals surface area contributed by atoms with Crippen LogP contribution in [0.1, 0.15) is 73.9 Å². The molecule has 31 heavy (non-hydrogen) atoms. The molecule has 4 rings (SSSR count). The molecular formula is C27H32N2O2. The van der Waals surface area contributed by atoms with Crippen molar-refractivity contribution in [3.8, 4) is 0 Å². The van der Waals surface area contributed by atoms with E-state index in [9.17, 15) is 9.59 Å². The number of nitrogens with one attached hydrogen (secondary N) is 1. The highest BCUT2D eigenvalue weighted by molar-refractivity contribution is 6.01. The average Bonchev–Trinajstić information content (AvgIpc) is 3.03. The summed E-state index contributed by atoms with van der Waals surface area (Å²) in [6.45, 7) is 16.3. The Morgan fingerprint density at radius 3 is 2.13 bits per heavy atom. The van der Waals surface area contributed by atoms with Gasteiger partial charge in [-0.2, -0.15) is 0 Å². The fraction of sp³-hybridized carbons (Fsp3) is 0.407. The van der Waals surface area contributed by atoms with E-state index in [4.69, 9.17) is 0 Å². The average molecular weight is 417 g/mol. The van der Waals surface area contributed by atoms with Crippen molar-refractivity contribution in [3.63, 3.8) is 0 Å². The van der Waals surface area contributed by atoms with E-state index in [0.29, 0.717) is 6.54 Å². The topological polar surface area (TPSA) is 49.4 Å². The third-order valence-corrected chi connectivity index (χ3v) is 7.10. The van der Waals surface area contributed by atoms with Crippen LogP contribution in [0, 0.1) is 6.92 Å². The molecule has 0 atom stereocenters. The number of hydrogen-bond acceptors (Lipinski definition) is 2. The summed E-state index contributed by atoms with van der Waals surface area (Å²) in [5.74, 6) is -0.186. The Balaban J connectivity index is 1.63. The molecule has 2 aliphatic rings. The number of benzene rings is 2. The quantitative estimate of drug-likeness (QED) is 0.673. The van der Waals surface area contributed by atoms with Gasteiger partial charge in [-0.3, -0.25) is 9.69 Å². The maximum Gasteiger partial charge on any atom is 0.324 e. The van der Waals surface area contributed by atoms with Crippen molar-refractivity contribution in [3.05, 3.63) is 76.4 Å². The number of carbonyl (C=O) groups excluding carboxylic acids is 2. The van der Waals surface area contributed by atoms with E-state index in [-0.39, 0.29) is 29.3 Å². The zero-order chi connectivity index (χ0) is 22.6. The lowest BCUT2D eigenvalue weighted by molar-refractivity contribution is -0.125. The van der Waals surface area contributed by atoms with Crippen LogP contribution in [-0.2, 0) is 22.2 Å². The Kier molecular flexibility index (Phi) is 5.07. The van der Waals surface area contributed by atoms with Gasteiger partial charge < -0.3 is 5.32 Å². The third-order valence-electron chi connectivity index (χ3n) is 7.10. The van der Waals surface area contributed by atoms with E-state index < -0.39 is 0 Å². The highest BCUT2D eigenvalue weighted by Crippen LogP contribution is 2.47. The molecule has 4 nitrogen and oxygen atoms in total. The van der Waals surface area contributed by atoms with Crippen molar-refractivity contribution in [1.82, 2.24) is 10.2 Å². The first kappa shape index (κ1) is 21.4. The van der Waals surface area contributed by atoms with Gasteiger partial charge in [-0.25, -0.2) is 4.79 Å². The Hall–Kier alpha value is -2.88. The first-order valence-corrected chi connectivity index (χ1v) is 11.0. The third kappa shape index (κ3) is 3.80. The lowest BCUT2D eigenvalue weighted by atomic mass is 9.62. The van der Waals surface area contributed by atoms with Gasteiger partial charge in [0.05, 0.1) is 13.1 Å². The van der Waals surface area contributed by atoms with Gasteiger partial charge in [0.1, 0.15) is 0 Å². The van der Waals surface area contributed by atoms with Gasteiger partial charge >= 0.3 is 6.03 Å². The number of urea groups is 1. The lowest BCUT2D eigenvalue weighted by Gasteiger charge is -2.42. The number of amides is 3. The lowest BCUT2D eigenvalue weighted by Crippen LogP contribution is -2.34.